The number of rotatable bonds is 3. The summed E-state index contributed by atoms with van der Waals surface area (Å²) in [5.41, 5.74) is 0. The van der Waals surface area contributed by atoms with Crippen LogP contribution in [0, 0.1) is 5.82 Å². The first-order chi connectivity index (χ1) is 9.49. The van der Waals surface area contributed by atoms with Crippen LogP contribution in [0.3, 0.4) is 0 Å². The summed E-state index contributed by atoms with van der Waals surface area (Å²) in [5.74, 6) is 0.0733. The third-order valence-corrected chi connectivity index (χ3v) is 3.95. The van der Waals surface area contributed by atoms with Crippen molar-refractivity contribution in [1.29, 1.82) is 0 Å². The Morgan fingerprint density at radius 1 is 1.57 bits per heavy atom. The van der Waals surface area contributed by atoms with Crippen molar-refractivity contribution in [2.75, 3.05) is 19.6 Å². The number of piperazine rings is 1. The molecule has 7 heteroatoms. The number of nitrogens with one attached hydrogen (secondary N) is 1. The van der Waals surface area contributed by atoms with Crippen LogP contribution in [0.4, 0.5) is 4.39 Å². The molecule has 0 aromatic heterocycles. The highest BCUT2D eigenvalue weighted by Gasteiger charge is 2.28. The van der Waals surface area contributed by atoms with Crippen LogP contribution in [0.1, 0.15) is 13.8 Å². The third-order valence-electron chi connectivity index (χ3n) is 3.33. The lowest BCUT2D eigenvalue weighted by atomic mass is 10.2. The molecule has 1 aromatic carbocycles. The van der Waals surface area contributed by atoms with Gasteiger partial charge in [0.15, 0.2) is 6.10 Å². The average Bonchev–Trinajstić information content (AvgIpc) is 2.41. The van der Waals surface area contributed by atoms with E-state index in [4.69, 9.17) is 4.74 Å². The van der Waals surface area contributed by atoms with Gasteiger partial charge in [0.25, 0.3) is 5.91 Å². The Morgan fingerprint density at radius 3 is 2.90 bits per heavy atom. The second-order valence-electron chi connectivity index (χ2n) is 4.92. The van der Waals surface area contributed by atoms with E-state index in [1.807, 2.05) is 11.8 Å². The molecule has 1 fully saturated rings. The number of halogens is 3. The van der Waals surface area contributed by atoms with Gasteiger partial charge in [0.2, 0.25) is 0 Å². The maximum atomic E-state index is 13.0. The van der Waals surface area contributed by atoms with Crippen molar-refractivity contribution in [2.45, 2.75) is 26.0 Å². The standard InChI is InChI=1S/C14H18BrFN2O2.ClH/c1-9-8-17-5-6-18(9)14(19)10(2)20-13-4-3-11(16)7-12(13)15;/h3-4,7,9-10,17H,5-6,8H2,1-2H3;1H/t9-,10?;/m1./s1. The molecule has 1 unspecified atom stereocenters. The summed E-state index contributed by atoms with van der Waals surface area (Å²) in [6.07, 6.45) is -0.600. The Kier molecular flexibility index (Phi) is 6.90. The minimum absolute atomic E-state index is 0. The van der Waals surface area contributed by atoms with Gasteiger partial charge in [-0.1, -0.05) is 0 Å². The van der Waals surface area contributed by atoms with Crippen LogP contribution in [-0.2, 0) is 4.79 Å². The van der Waals surface area contributed by atoms with Crippen LogP contribution in [0.5, 0.6) is 5.75 Å². The minimum atomic E-state index is -0.600. The van der Waals surface area contributed by atoms with Crippen LogP contribution >= 0.6 is 28.3 Å². The smallest absolute Gasteiger partial charge is 0.263 e. The van der Waals surface area contributed by atoms with Crippen LogP contribution < -0.4 is 10.1 Å². The molecule has 1 N–H and O–H groups in total. The number of ether oxygens (including phenoxy) is 1. The first kappa shape index (κ1) is 18.2. The maximum absolute atomic E-state index is 13.0. The second kappa shape index (κ2) is 7.96. The molecule has 0 saturated carbocycles. The second-order valence-corrected chi connectivity index (χ2v) is 5.77. The highest BCUT2D eigenvalue weighted by atomic mass is 79.9. The summed E-state index contributed by atoms with van der Waals surface area (Å²) in [7, 11) is 0. The molecule has 4 nitrogen and oxygen atoms in total. The van der Waals surface area contributed by atoms with E-state index in [1.54, 1.807) is 6.92 Å². The molecule has 0 aliphatic carbocycles. The maximum Gasteiger partial charge on any atom is 0.263 e. The number of benzene rings is 1. The minimum Gasteiger partial charge on any atom is -0.480 e. The lowest BCUT2D eigenvalue weighted by Gasteiger charge is -2.35. The summed E-state index contributed by atoms with van der Waals surface area (Å²) in [6.45, 7) is 5.98. The fraction of sp³-hybridized carbons (Fsp3) is 0.500. The zero-order valence-corrected chi connectivity index (χ0v) is 14.3. The molecule has 2 rings (SSSR count). The van der Waals surface area contributed by atoms with Gasteiger partial charge >= 0.3 is 0 Å². The average molecular weight is 382 g/mol. The van der Waals surface area contributed by atoms with E-state index >= 15 is 0 Å². The Balaban J connectivity index is 0.00000220. The van der Waals surface area contributed by atoms with Crippen molar-refractivity contribution >= 4 is 34.2 Å². The highest BCUT2D eigenvalue weighted by molar-refractivity contribution is 9.10. The molecule has 1 aliphatic rings. The Labute approximate surface area is 138 Å². The molecule has 1 heterocycles. The zero-order valence-electron chi connectivity index (χ0n) is 11.9. The van der Waals surface area contributed by atoms with E-state index in [9.17, 15) is 9.18 Å². The number of nitrogens with zero attached hydrogens (tertiary/aromatic N) is 1. The van der Waals surface area contributed by atoms with Gasteiger partial charge in [0.05, 0.1) is 4.47 Å². The fourth-order valence-corrected chi connectivity index (χ4v) is 2.66. The number of hydrogen-bond acceptors (Lipinski definition) is 3. The third kappa shape index (κ3) is 4.56. The van der Waals surface area contributed by atoms with Gasteiger partial charge in [0, 0.05) is 25.7 Å². The zero-order chi connectivity index (χ0) is 14.7. The Bertz CT molecular complexity index is 504. The largest absolute Gasteiger partial charge is 0.480 e. The van der Waals surface area contributed by atoms with E-state index in [0.29, 0.717) is 16.8 Å². The SMILES string of the molecule is CC(Oc1ccc(F)cc1Br)C(=O)N1CCNC[C@H]1C.Cl. The first-order valence-corrected chi connectivity index (χ1v) is 7.41. The molecule has 1 saturated heterocycles. The molecular formula is C14H19BrClFN2O2. The molecule has 1 amide bonds. The van der Waals surface area contributed by atoms with E-state index in [2.05, 4.69) is 21.2 Å². The summed E-state index contributed by atoms with van der Waals surface area (Å²) in [6, 6.07) is 4.30. The normalized spacial score (nSPS) is 19.6. The molecule has 118 valence electrons. The van der Waals surface area contributed by atoms with Crippen LogP contribution in [0.15, 0.2) is 22.7 Å². The number of carbonyl (C=O) groups excluding carboxylic acids is 1. The van der Waals surface area contributed by atoms with Crippen molar-refractivity contribution in [1.82, 2.24) is 10.2 Å². The van der Waals surface area contributed by atoms with Gasteiger partial charge < -0.3 is 15.0 Å². The number of hydrogen-bond donors (Lipinski definition) is 1. The van der Waals surface area contributed by atoms with Crippen molar-refractivity contribution in [3.8, 4) is 5.75 Å². The molecule has 0 radical (unpaired) electrons. The lowest BCUT2D eigenvalue weighted by Crippen LogP contribution is -2.55. The van der Waals surface area contributed by atoms with Crippen molar-refractivity contribution in [3.05, 3.63) is 28.5 Å². The number of carbonyl (C=O) groups is 1. The summed E-state index contributed by atoms with van der Waals surface area (Å²) >= 11 is 3.23. The Hall–Kier alpha value is -0.850. The van der Waals surface area contributed by atoms with Crippen LogP contribution in [-0.4, -0.2) is 42.6 Å². The molecule has 1 aliphatic heterocycles. The van der Waals surface area contributed by atoms with Gasteiger partial charge in [0.1, 0.15) is 11.6 Å². The van der Waals surface area contributed by atoms with E-state index in [1.165, 1.54) is 18.2 Å². The summed E-state index contributed by atoms with van der Waals surface area (Å²) in [5, 5.41) is 3.24. The number of amides is 1. The predicted molar refractivity (Wildman–Crippen MR) is 85.5 cm³/mol. The quantitative estimate of drug-likeness (QED) is 0.875. The predicted octanol–water partition coefficient (Wildman–Crippen LogP) is 2.60. The van der Waals surface area contributed by atoms with Gasteiger partial charge in [-0.3, -0.25) is 4.79 Å². The fourth-order valence-electron chi connectivity index (χ4n) is 2.21. The molecule has 0 bridgehead atoms. The monoisotopic (exact) mass is 380 g/mol. The molecule has 1 aromatic rings. The molecular weight excluding hydrogens is 363 g/mol. The molecule has 21 heavy (non-hydrogen) atoms. The van der Waals surface area contributed by atoms with E-state index in [0.717, 1.165) is 13.1 Å². The van der Waals surface area contributed by atoms with Gasteiger partial charge in [-0.25, -0.2) is 4.39 Å². The topological polar surface area (TPSA) is 41.6 Å². The van der Waals surface area contributed by atoms with Crippen molar-refractivity contribution in [3.63, 3.8) is 0 Å². The van der Waals surface area contributed by atoms with Gasteiger partial charge in [-0.15, -0.1) is 12.4 Å². The van der Waals surface area contributed by atoms with Crippen molar-refractivity contribution in [2.24, 2.45) is 0 Å². The van der Waals surface area contributed by atoms with Gasteiger partial charge in [-0.2, -0.15) is 0 Å². The summed E-state index contributed by atoms with van der Waals surface area (Å²) < 4.78 is 19.2. The van der Waals surface area contributed by atoms with Crippen molar-refractivity contribution < 1.29 is 13.9 Å². The Morgan fingerprint density at radius 2 is 2.29 bits per heavy atom. The lowest BCUT2D eigenvalue weighted by molar-refractivity contribution is -0.140. The molecule has 2 atom stereocenters. The summed E-state index contributed by atoms with van der Waals surface area (Å²) in [4.78, 5) is 14.2. The highest BCUT2D eigenvalue weighted by Crippen LogP contribution is 2.26. The van der Waals surface area contributed by atoms with E-state index in [-0.39, 0.29) is 30.2 Å². The first-order valence-electron chi connectivity index (χ1n) is 6.62. The molecule has 0 spiro atoms. The van der Waals surface area contributed by atoms with E-state index < -0.39 is 6.10 Å². The van der Waals surface area contributed by atoms with Gasteiger partial charge in [-0.05, 0) is 48.0 Å². The van der Waals surface area contributed by atoms with Crippen LogP contribution in [0.2, 0.25) is 0 Å². The van der Waals surface area contributed by atoms with Crippen LogP contribution in [0.25, 0.3) is 0 Å².